The highest BCUT2D eigenvalue weighted by Gasteiger charge is 2.27. The van der Waals surface area contributed by atoms with Gasteiger partial charge < -0.3 is 24.7 Å². The SMILES string of the molecule is NC(c1cc2c(cc1Br)OCCO2)C1COCCO1. The van der Waals surface area contributed by atoms with Crippen molar-refractivity contribution >= 4 is 15.9 Å². The Labute approximate surface area is 120 Å². The number of fused-ring (bicyclic) bond motifs is 1. The van der Waals surface area contributed by atoms with Crippen LogP contribution in [0.15, 0.2) is 16.6 Å². The molecule has 0 aliphatic carbocycles. The lowest BCUT2D eigenvalue weighted by Gasteiger charge is -2.29. The van der Waals surface area contributed by atoms with Crippen LogP contribution in [0, 0.1) is 0 Å². The average Bonchev–Trinajstić information content (AvgIpc) is 2.47. The van der Waals surface area contributed by atoms with Gasteiger partial charge in [-0.1, -0.05) is 15.9 Å². The van der Waals surface area contributed by atoms with E-state index in [4.69, 9.17) is 24.7 Å². The Hall–Kier alpha value is -0.820. The molecule has 5 nitrogen and oxygen atoms in total. The molecule has 1 aromatic carbocycles. The topological polar surface area (TPSA) is 62.9 Å². The molecular weight excluding hydrogens is 314 g/mol. The summed E-state index contributed by atoms with van der Waals surface area (Å²) < 4.78 is 23.1. The maximum atomic E-state index is 6.27. The highest BCUT2D eigenvalue weighted by atomic mass is 79.9. The first-order valence-electron chi connectivity index (χ1n) is 6.29. The number of benzene rings is 1. The maximum Gasteiger partial charge on any atom is 0.162 e. The van der Waals surface area contributed by atoms with Crippen LogP contribution in [0.3, 0.4) is 0 Å². The summed E-state index contributed by atoms with van der Waals surface area (Å²) in [5.74, 6) is 1.48. The van der Waals surface area contributed by atoms with Crippen LogP contribution in [0.1, 0.15) is 11.6 Å². The van der Waals surface area contributed by atoms with Gasteiger partial charge in [0.25, 0.3) is 0 Å². The van der Waals surface area contributed by atoms with Crippen LogP contribution in [0.25, 0.3) is 0 Å². The van der Waals surface area contributed by atoms with E-state index < -0.39 is 0 Å². The summed E-state index contributed by atoms with van der Waals surface area (Å²) in [5.41, 5.74) is 7.22. The first-order chi connectivity index (χ1) is 9.25. The van der Waals surface area contributed by atoms with Crippen LogP contribution in [-0.2, 0) is 9.47 Å². The second-order valence-electron chi connectivity index (χ2n) is 4.53. The van der Waals surface area contributed by atoms with Crippen LogP contribution in [-0.4, -0.2) is 39.1 Å². The van der Waals surface area contributed by atoms with Gasteiger partial charge in [0, 0.05) is 4.47 Å². The first kappa shape index (κ1) is 13.2. The molecule has 0 saturated carbocycles. The number of halogens is 1. The summed E-state index contributed by atoms with van der Waals surface area (Å²) in [6, 6.07) is 3.56. The van der Waals surface area contributed by atoms with Crippen molar-refractivity contribution < 1.29 is 18.9 Å². The average molecular weight is 330 g/mol. The van der Waals surface area contributed by atoms with Gasteiger partial charge in [-0.05, 0) is 17.7 Å². The van der Waals surface area contributed by atoms with Crippen molar-refractivity contribution in [3.05, 3.63) is 22.2 Å². The molecule has 0 spiro atoms. The summed E-state index contributed by atoms with van der Waals surface area (Å²) in [4.78, 5) is 0. The van der Waals surface area contributed by atoms with E-state index in [0.29, 0.717) is 33.0 Å². The lowest BCUT2D eigenvalue weighted by Crippen LogP contribution is -2.38. The molecule has 6 heteroatoms. The summed E-state index contributed by atoms with van der Waals surface area (Å²) in [7, 11) is 0. The Bertz CT molecular complexity index is 462. The third kappa shape index (κ3) is 2.72. The minimum atomic E-state index is -0.259. The zero-order valence-electron chi connectivity index (χ0n) is 10.4. The number of rotatable bonds is 2. The van der Waals surface area contributed by atoms with Gasteiger partial charge in [0.05, 0.1) is 25.9 Å². The van der Waals surface area contributed by atoms with E-state index in [2.05, 4.69) is 15.9 Å². The largest absolute Gasteiger partial charge is 0.486 e. The molecular formula is C13H16BrNO4. The molecule has 0 amide bonds. The molecule has 19 heavy (non-hydrogen) atoms. The van der Waals surface area contributed by atoms with E-state index in [-0.39, 0.29) is 12.1 Å². The molecule has 2 aliphatic heterocycles. The Kier molecular flexibility index (Phi) is 3.93. The molecule has 0 aromatic heterocycles. The van der Waals surface area contributed by atoms with Crippen molar-refractivity contribution in [2.75, 3.05) is 33.0 Å². The van der Waals surface area contributed by atoms with Crippen LogP contribution in [0.2, 0.25) is 0 Å². The molecule has 1 aromatic rings. The van der Waals surface area contributed by atoms with Gasteiger partial charge in [0.1, 0.15) is 19.3 Å². The number of hydrogen-bond donors (Lipinski definition) is 1. The second kappa shape index (κ2) is 5.66. The van der Waals surface area contributed by atoms with E-state index in [1.807, 2.05) is 12.1 Å². The van der Waals surface area contributed by atoms with Crippen LogP contribution in [0.4, 0.5) is 0 Å². The van der Waals surface area contributed by atoms with Gasteiger partial charge in [-0.15, -0.1) is 0 Å². The Morgan fingerprint density at radius 3 is 2.53 bits per heavy atom. The molecule has 0 radical (unpaired) electrons. The van der Waals surface area contributed by atoms with Crippen molar-refractivity contribution in [2.45, 2.75) is 12.1 Å². The summed E-state index contributed by atoms with van der Waals surface area (Å²) in [6.07, 6.45) is -0.132. The van der Waals surface area contributed by atoms with Gasteiger partial charge >= 0.3 is 0 Å². The maximum absolute atomic E-state index is 6.27. The lowest BCUT2D eigenvalue weighted by atomic mass is 10.0. The van der Waals surface area contributed by atoms with E-state index in [1.165, 1.54) is 0 Å². The molecule has 2 aliphatic rings. The summed E-state index contributed by atoms with van der Waals surface area (Å²) in [6.45, 7) is 2.87. The van der Waals surface area contributed by atoms with Crippen molar-refractivity contribution in [2.24, 2.45) is 5.73 Å². The second-order valence-corrected chi connectivity index (χ2v) is 5.38. The minimum Gasteiger partial charge on any atom is -0.486 e. The Morgan fingerprint density at radius 1 is 1.11 bits per heavy atom. The monoisotopic (exact) mass is 329 g/mol. The molecule has 2 heterocycles. The normalized spacial score (nSPS) is 24.0. The molecule has 0 bridgehead atoms. The molecule has 1 fully saturated rings. The Morgan fingerprint density at radius 2 is 1.84 bits per heavy atom. The van der Waals surface area contributed by atoms with Crippen LogP contribution in [0.5, 0.6) is 11.5 Å². The lowest BCUT2D eigenvalue weighted by molar-refractivity contribution is -0.0976. The quantitative estimate of drug-likeness (QED) is 0.893. The fraction of sp³-hybridized carbons (Fsp3) is 0.538. The van der Waals surface area contributed by atoms with E-state index in [0.717, 1.165) is 21.5 Å². The van der Waals surface area contributed by atoms with Gasteiger partial charge in [0.15, 0.2) is 11.5 Å². The molecule has 2 atom stereocenters. The van der Waals surface area contributed by atoms with Gasteiger partial charge in [-0.25, -0.2) is 0 Å². The van der Waals surface area contributed by atoms with Gasteiger partial charge in [-0.2, -0.15) is 0 Å². The third-order valence-electron chi connectivity index (χ3n) is 3.26. The number of nitrogens with two attached hydrogens (primary N) is 1. The van der Waals surface area contributed by atoms with Crippen molar-refractivity contribution in [1.29, 1.82) is 0 Å². The molecule has 2 unspecified atom stereocenters. The highest BCUT2D eigenvalue weighted by molar-refractivity contribution is 9.10. The molecule has 104 valence electrons. The fourth-order valence-corrected chi connectivity index (χ4v) is 2.84. The van der Waals surface area contributed by atoms with Crippen molar-refractivity contribution in [3.8, 4) is 11.5 Å². The standard InChI is InChI=1S/C13H16BrNO4/c14-9-6-11-10(17-3-4-18-11)5-8(9)13(15)12-7-16-1-2-19-12/h5-6,12-13H,1-4,7,15H2. The zero-order chi connectivity index (χ0) is 13.2. The number of ether oxygens (including phenoxy) is 4. The van der Waals surface area contributed by atoms with Crippen LogP contribution >= 0.6 is 15.9 Å². The predicted octanol–water partition coefficient (Wildman–Crippen LogP) is 1.64. The molecule has 1 saturated heterocycles. The zero-order valence-corrected chi connectivity index (χ0v) is 12.0. The van der Waals surface area contributed by atoms with Gasteiger partial charge in [-0.3, -0.25) is 0 Å². The van der Waals surface area contributed by atoms with Gasteiger partial charge in [0.2, 0.25) is 0 Å². The fourth-order valence-electron chi connectivity index (χ4n) is 2.25. The smallest absolute Gasteiger partial charge is 0.162 e. The van der Waals surface area contributed by atoms with Crippen molar-refractivity contribution in [1.82, 2.24) is 0 Å². The van der Waals surface area contributed by atoms with E-state index >= 15 is 0 Å². The van der Waals surface area contributed by atoms with Crippen molar-refractivity contribution in [3.63, 3.8) is 0 Å². The third-order valence-corrected chi connectivity index (χ3v) is 3.95. The molecule has 2 N–H and O–H groups in total. The van der Waals surface area contributed by atoms with E-state index in [9.17, 15) is 0 Å². The summed E-state index contributed by atoms with van der Waals surface area (Å²) in [5, 5.41) is 0. The predicted molar refractivity (Wildman–Crippen MR) is 72.6 cm³/mol. The minimum absolute atomic E-state index is 0.132. The number of hydrogen-bond acceptors (Lipinski definition) is 5. The highest BCUT2D eigenvalue weighted by Crippen LogP contribution is 2.38. The van der Waals surface area contributed by atoms with Crippen LogP contribution < -0.4 is 15.2 Å². The Balaban J connectivity index is 1.86. The molecule has 3 rings (SSSR count). The first-order valence-corrected chi connectivity index (χ1v) is 7.09. The summed E-state index contributed by atoms with van der Waals surface area (Å²) >= 11 is 3.53. The van der Waals surface area contributed by atoms with E-state index in [1.54, 1.807) is 0 Å².